The lowest BCUT2D eigenvalue weighted by Gasteiger charge is -2.16. The summed E-state index contributed by atoms with van der Waals surface area (Å²) in [4.78, 5) is 4.82. The van der Waals surface area contributed by atoms with Crippen LogP contribution >= 0.6 is 15.9 Å². The lowest BCUT2D eigenvalue weighted by molar-refractivity contribution is 0.0924. The van der Waals surface area contributed by atoms with Gasteiger partial charge in [-0.1, -0.05) is 30.3 Å². The number of hydrogen-bond donors (Lipinski definition) is 1. The lowest BCUT2D eigenvalue weighted by atomic mass is 10.1. The summed E-state index contributed by atoms with van der Waals surface area (Å²) in [5, 5.41) is 10.7. The molecule has 7 heteroatoms. The third kappa shape index (κ3) is 4.89. The number of nitrogens with zero attached hydrogens (tertiary/aromatic N) is 2. The Morgan fingerprint density at radius 1 is 0.938 bits per heavy atom. The molecule has 1 aromatic heterocycles. The van der Waals surface area contributed by atoms with Crippen molar-refractivity contribution in [2.75, 3.05) is 20.8 Å². The van der Waals surface area contributed by atoms with E-state index in [4.69, 9.17) is 19.2 Å². The zero-order valence-corrected chi connectivity index (χ0v) is 19.6. The van der Waals surface area contributed by atoms with Crippen molar-refractivity contribution in [1.82, 2.24) is 9.55 Å². The van der Waals surface area contributed by atoms with Crippen LogP contribution in [0.1, 0.15) is 11.4 Å². The number of rotatable bonds is 9. The molecule has 0 spiro atoms. The van der Waals surface area contributed by atoms with E-state index in [9.17, 15) is 5.11 Å². The van der Waals surface area contributed by atoms with Gasteiger partial charge >= 0.3 is 0 Å². The molecule has 4 rings (SSSR count). The van der Waals surface area contributed by atoms with E-state index in [-0.39, 0.29) is 6.61 Å². The van der Waals surface area contributed by atoms with Crippen LogP contribution in [0.3, 0.4) is 0 Å². The van der Waals surface area contributed by atoms with Crippen molar-refractivity contribution in [2.45, 2.75) is 19.1 Å². The van der Waals surface area contributed by atoms with Crippen LogP contribution in [0.15, 0.2) is 71.2 Å². The molecule has 0 fully saturated rings. The van der Waals surface area contributed by atoms with Crippen LogP contribution in [-0.4, -0.2) is 41.6 Å². The Balaban J connectivity index is 1.57. The van der Waals surface area contributed by atoms with Gasteiger partial charge in [0.15, 0.2) is 11.5 Å². The molecule has 0 saturated heterocycles. The zero-order valence-electron chi connectivity index (χ0n) is 18.0. The molecular weight excluding hydrogens is 472 g/mol. The summed E-state index contributed by atoms with van der Waals surface area (Å²) in [7, 11) is 3.24. The summed E-state index contributed by atoms with van der Waals surface area (Å²) >= 11 is 3.47. The number of aliphatic hydroxyl groups excluding tert-OH is 1. The third-order valence-corrected chi connectivity index (χ3v) is 5.86. The number of benzene rings is 3. The highest BCUT2D eigenvalue weighted by Crippen LogP contribution is 2.29. The molecule has 0 aliphatic heterocycles. The quantitative estimate of drug-likeness (QED) is 0.358. The summed E-state index contributed by atoms with van der Waals surface area (Å²) in [6, 6.07) is 21.4. The van der Waals surface area contributed by atoms with Gasteiger partial charge < -0.3 is 23.9 Å². The Morgan fingerprint density at radius 3 is 2.47 bits per heavy atom. The van der Waals surface area contributed by atoms with Gasteiger partial charge in [0.2, 0.25) is 0 Å². The largest absolute Gasteiger partial charge is 0.493 e. The first-order valence-corrected chi connectivity index (χ1v) is 11.1. The topological polar surface area (TPSA) is 65.7 Å². The van der Waals surface area contributed by atoms with Crippen molar-refractivity contribution in [2.24, 2.45) is 0 Å². The van der Waals surface area contributed by atoms with E-state index in [1.54, 1.807) is 14.2 Å². The second-order valence-electron chi connectivity index (χ2n) is 7.39. The molecule has 0 amide bonds. The second kappa shape index (κ2) is 10.1. The molecule has 0 radical (unpaired) electrons. The van der Waals surface area contributed by atoms with Crippen LogP contribution in [0.2, 0.25) is 0 Å². The number of para-hydroxylation sites is 3. The van der Waals surface area contributed by atoms with Crippen molar-refractivity contribution in [3.63, 3.8) is 0 Å². The van der Waals surface area contributed by atoms with Crippen molar-refractivity contribution in [1.29, 1.82) is 0 Å². The summed E-state index contributed by atoms with van der Waals surface area (Å²) in [5.41, 5.74) is 2.91. The van der Waals surface area contributed by atoms with Crippen molar-refractivity contribution < 1.29 is 19.3 Å². The van der Waals surface area contributed by atoms with Gasteiger partial charge in [-0.05, 0) is 57.9 Å². The molecule has 0 aliphatic carbocycles. The fourth-order valence-corrected chi connectivity index (χ4v) is 4.05. The number of methoxy groups -OCH3 is 2. The average molecular weight is 497 g/mol. The summed E-state index contributed by atoms with van der Waals surface area (Å²) in [6.07, 6.45) is -0.115. The Labute approximate surface area is 195 Å². The molecule has 166 valence electrons. The van der Waals surface area contributed by atoms with Gasteiger partial charge in [0, 0.05) is 6.42 Å². The Bertz CT molecular complexity index is 1210. The molecule has 1 N–H and O–H groups in total. The Hall–Kier alpha value is -3.03. The summed E-state index contributed by atoms with van der Waals surface area (Å²) in [5.74, 6) is 2.92. The minimum absolute atomic E-state index is 0.172. The lowest BCUT2D eigenvalue weighted by Crippen LogP contribution is -2.24. The van der Waals surface area contributed by atoms with E-state index in [1.807, 2.05) is 66.7 Å². The molecular formula is C25H25BrN2O4. The first kappa shape index (κ1) is 22.2. The predicted octanol–water partition coefficient (Wildman–Crippen LogP) is 4.85. The Morgan fingerprint density at radius 2 is 1.69 bits per heavy atom. The summed E-state index contributed by atoms with van der Waals surface area (Å²) < 4.78 is 19.5. The molecule has 1 heterocycles. The number of aromatic nitrogens is 2. The van der Waals surface area contributed by atoms with E-state index < -0.39 is 6.10 Å². The maximum absolute atomic E-state index is 10.7. The van der Waals surface area contributed by atoms with Gasteiger partial charge in [0.05, 0.1) is 36.3 Å². The minimum Gasteiger partial charge on any atom is -0.493 e. The summed E-state index contributed by atoms with van der Waals surface area (Å²) in [6.45, 7) is 0.540. The monoisotopic (exact) mass is 496 g/mol. The van der Waals surface area contributed by atoms with Crippen LogP contribution in [0, 0.1) is 0 Å². The Kier molecular flexibility index (Phi) is 6.97. The normalized spacial score (nSPS) is 12.0. The number of imidazole rings is 1. The molecule has 32 heavy (non-hydrogen) atoms. The smallest absolute Gasteiger partial charge is 0.161 e. The van der Waals surface area contributed by atoms with E-state index in [1.165, 1.54) is 0 Å². The number of aliphatic hydroxyl groups is 1. The fourth-order valence-electron chi connectivity index (χ4n) is 3.65. The van der Waals surface area contributed by atoms with Crippen LogP contribution in [0.4, 0.5) is 0 Å². The van der Waals surface area contributed by atoms with Crippen LogP contribution in [-0.2, 0) is 13.0 Å². The highest BCUT2D eigenvalue weighted by atomic mass is 79.9. The molecule has 4 aromatic rings. The van der Waals surface area contributed by atoms with Crippen LogP contribution < -0.4 is 14.2 Å². The maximum Gasteiger partial charge on any atom is 0.161 e. The van der Waals surface area contributed by atoms with E-state index in [2.05, 4.69) is 20.5 Å². The number of halogens is 1. The highest BCUT2D eigenvalue weighted by Gasteiger charge is 2.16. The molecule has 3 aromatic carbocycles. The van der Waals surface area contributed by atoms with Crippen LogP contribution in [0.25, 0.3) is 11.0 Å². The second-order valence-corrected chi connectivity index (χ2v) is 8.24. The van der Waals surface area contributed by atoms with Gasteiger partial charge in [-0.2, -0.15) is 0 Å². The standard InChI is InChI=1S/C25H25BrN2O4/c1-30-23-12-11-17(13-24(23)31-2)14-25-27-20-8-4-5-9-21(20)28(25)15-18(29)16-32-22-10-6-3-7-19(22)26/h3-13,18,29H,14-16H2,1-2H3. The van der Waals surface area contributed by atoms with Gasteiger partial charge in [0.25, 0.3) is 0 Å². The first-order valence-electron chi connectivity index (χ1n) is 10.3. The SMILES string of the molecule is COc1ccc(Cc2nc3ccccc3n2CC(O)COc2ccccc2Br)cc1OC. The predicted molar refractivity (Wildman–Crippen MR) is 128 cm³/mol. The molecule has 1 atom stereocenters. The average Bonchev–Trinajstić information content (AvgIpc) is 3.15. The van der Waals surface area contributed by atoms with Gasteiger partial charge in [-0.3, -0.25) is 0 Å². The highest BCUT2D eigenvalue weighted by molar-refractivity contribution is 9.10. The first-order chi connectivity index (χ1) is 15.6. The van der Waals surface area contributed by atoms with Crippen molar-refractivity contribution in [3.8, 4) is 17.2 Å². The number of fused-ring (bicyclic) bond motifs is 1. The van der Waals surface area contributed by atoms with Gasteiger partial charge in [-0.25, -0.2) is 4.98 Å². The third-order valence-electron chi connectivity index (χ3n) is 5.20. The van der Waals surface area contributed by atoms with E-state index in [0.717, 1.165) is 26.9 Å². The number of ether oxygens (including phenoxy) is 3. The maximum atomic E-state index is 10.7. The minimum atomic E-state index is -0.705. The molecule has 6 nitrogen and oxygen atoms in total. The zero-order chi connectivity index (χ0) is 22.5. The molecule has 1 unspecified atom stereocenters. The molecule has 0 saturated carbocycles. The molecule has 0 aliphatic rings. The molecule has 0 bridgehead atoms. The van der Waals surface area contributed by atoms with E-state index >= 15 is 0 Å². The van der Waals surface area contributed by atoms with Crippen LogP contribution in [0.5, 0.6) is 17.2 Å². The fraction of sp³-hybridized carbons (Fsp3) is 0.240. The van der Waals surface area contributed by atoms with E-state index in [0.29, 0.717) is 30.2 Å². The van der Waals surface area contributed by atoms with Crippen molar-refractivity contribution in [3.05, 3.63) is 82.6 Å². The van der Waals surface area contributed by atoms with Gasteiger partial charge in [0.1, 0.15) is 24.3 Å². The van der Waals surface area contributed by atoms with Gasteiger partial charge in [-0.15, -0.1) is 0 Å². The number of hydrogen-bond acceptors (Lipinski definition) is 5. The van der Waals surface area contributed by atoms with Crippen molar-refractivity contribution >= 4 is 27.0 Å².